The lowest BCUT2D eigenvalue weighted by Gasteiger charge is -2.14. The van der Waals surface area contributed by atoms with E-state index in [9.17, 15) is 24.0 Å². The van der Waals surface area contributed by atoms with Crippen LogP contribution >= 0.6 is 0 Å². The lowest BCUT2D eigenvalue weighted by molar-refractivity contribution is -0.136. The van der Waals surface area contributed by atoms with E-state index in [1.165, 1.54) is 13.0 Å². The summed E-state index contributed by atoms with van der Waals surface area (Å²) in [7, 11) is -4.67. The Kier molecular flexibility index (Phi) is 14.6. The van der Waals surface area contributed by atoms with Gasteiger partial charge in [0.25, 0.3) is 0 Å². The molecule has 44 heavy (non-hydrogen) atoms. The zero-order valence-corrected chi connectivity index (χ0v) is 23.7. The van der Waals surface area contributed by atoms with Gasteiger partial charge in [-0.3, -0.25) is 23.5 Å². The standard InChI is InChI=1S/C24H26N4O10.H2O4S.H2O/c1-13(29)17-10-16-20(37-23(34)27-8-6-25-11-18(30)31)14-4-2-3-5-15(14)21(22(16)36-17)38-24(35)28-9-7-26-12-19(32)33;1-5(2,3)4;/h2-5,10,25-26H,6-9,11-12H2,1H3,(H,27,34)(H,28,35)(H,30,31)(H,32,33);(H2,1,2,3,4);1H2. The van der Waals surface area contributed by atoms with Crippen molar-refractivity contribution in [1.82, 2.24) is 21.3 Å². The van der Waals surface area contributed by atoms with Crippen molar-refractivity contribution in [2.75, 3.05) is 39.3 Å². The number of carboxylic acids is 2. The molecule has 0 unspecified atom stereocenters. The first-order valence-electron chi connectivity index (χ1n) is 12.1. The summed E-state index contributed by atoms with van der Waals surface area (Å²) in [6, 6.07) is 7.97. The maximum atomic E-state index is 12.5. The van der Waals surface area contributed by atoms with Gasteiger partial charge in [-0.2, -0.15) is 8.42 Å². The smallest absolute Gasteiger partial charge is 0.412 e. The third-order valence-electron chi connectivity index (χ3n) is 5.03. The Balaban J connectivity index is 0.00000149. The number of benzene rings is 2. The number of ether oxygens (including phenoxy) is 2. The monoisotopic (exact) mass is 646 g/mol. The summed E-state index contributed by atoms with van der Waals surface area (Å²) in [4.78, 5) is 58.2. The fourth-order valence-corrected chi connectivity index (χ4v) is 3.41. The Morgan fingerprint density at radius 1 is 0.773 bits per heavy atom. The van der Waals surface area contributed by atoms with Crippen molar-refractivity contribution in [3.05, 3.63) is 36.1 Å². The molecule has 2 amide bonds. The van der Waals surface area contributed by atoms with Crippen LogP contribution in [0.2, 0.25) is 0 Å². The van der Waals surface area contributed by atoms with E-state index in [0.29, 0.717) is 10.8 Å². The predicted molar refractivity (Wildman–Crippen MR) is 151 cm³/mol. The van der Waals surface area contributed by atoms with Gasteiger partial charge in [0.15, 0.2) is 28.6 Å². The number of nitrogens with one attached hydrogen (secondary N) is 4. The van der Waals surface area contributed by atoms with E-state index in [1.54, 1.807) is 24.3 Å². The van der Waals surface area contributed by atoms with Crippen molar-refractivity contribution in [3.63, 3.8) is 0 Å². The molecule has 0 aliphatic heterocycles. The van der Waals surface area contributed by atoms with Crippen molar-refractivity contribution >= 4 is 62.0 Å². The lowest BCUT2D eigenvalue weighted by Crippen LogP contribution is -2.35. The molecule has 0 saturated carbocycles. The maximum Gasteiger partial charge on any atom is 0.412 e. The number of hydrogen-bond acceptors (Lipinski definition) is 12. The first-order chi connectivity index (χ1) is 20.2. The fourth-order valence-electron chi connectivity index (χ4n) is 3.41. The van der Waals surface area contributed by atoms with Crippen molar-refractivity contribution in [1.29, 1.82) is 0 Å². The molecule has 0 bridgehead atoms. The summed E-state index contributed by atoms with van der Waals surface area (Å²) < 4.78 is 48.3. The molecule has 0 radical (unpaired) electrons. The highest BCUT2D eigenvalue weighted by molar-refractivity contribution is 7.79. The largest absolute Gasteiger partial charge is 0.480 e. The molecule has 0 fully saturated rings. The number of furan rings is 1. The van der Waals surface area contributed by atoms with Crippen molar-refractivity contribution in [3.8, 4) is 11.5 Å². The number of Topliss-reactive ketones (excluding diaryl/α,β-unsaturated/α-hetero) is 1. The molecular weight excluding hydrogens is 616 g/mol. The molecule has 3 rings (SSSR count). The van der Waals surface area contributed by atoms with E-state index in [4.69, 9.17) is 41.6 Å². The van der Waals surface area contributed by atoms with Crippen LogP contribution in [0.3, 0.4) is 0 Å². The van der Waals surface area contributed by atoms with Crippen LogP contribution in [0.5, 0.6) is 11.5 Å². The van der Waals surface area contributed by atoms with Gasteiger partial charge in [-0.1, -0.05) is 24.3 Å². The first-order valence-corrected chi connectivity index (χ1v) is 13.5. The van der Waals surface area contributed by atoms with E-state index in [-0.39, 0.29) is 73.0 Å². The van der Waals surface area contributed by atoms with Gasteiger partial charge in [0, 0.05) is 43.9 Å². The van der Waals surface area contributed by atoms with Crippen LogP contribution in [0.4, 0.5) is 9.59 Å². The Labute approximate surface area is 248 Å². The third-order valence-corrected chi connectivity index (χ3v) is 5.03. The van der Waals surface area contributed by atoms with Crippen LogP contribution in [-0.4, -0.2) is 102 Å². The number of ketones is 1. The van der Waals surface area contributed by atoms with Gasteiger partial charge in [0.1, 0.15) is 0 Å². The molecule has 0 saturated heterocycles. The van der Waals surface area contributed by atoms with Gasteiger partial charge in [-0.05, 0) is 6.07 Å². The Hall–Kier alpha value is -4.86. The van der Waals surface area contributed by atoms with E-state index in [2.05, 4.69) is 21.3 Å². The van der Waals surface area contributed by atoms with Crippen molar-refractivity contribution in [2.45, 2.75) is 6.92 Å². The second kappa shape index (κ2) is 17.3. The minimum absolute atomic E-state index is 0. The van der Waals surface area contributed by atoms with Gasteiger partial charge in [0.2, 0.25) is 0 Å². The predicted octanol–water partition coefficient (Wildman–Crippen LogP) is -0.164. The zero-order chi connectivity index (χ0) is 32.2. The number of carbonyl (C=O) groups excluding carboxylic acids is 3. The van der Waals surface area contributed by atoms with Crippen molar-refractivity contribution < 1.29 is 71.1 Å². The Morgan fingerprint density at radius 3 is 1.64 bits per heavy atom. The summed E-state index contributed by atoms with van der Waals surface area (Å²) >= 11 is 0. The molecule has 242 valence electrons. The van der Waals surface area contributed by atoms with Crippen LogP contribution in [0, 0.1) is 0 Å². The SMILES string of the molecule is CC(=O)c1cc2c(OC(=O)NCCNCC(=O)O)c3ccccc3c(OC(=O)NCCNCC(=O)O)c2o1.O.O=S(=O)(O)O. The Bertz CT molecular complexity index is 1500. The quantitative estimate of drug-likeness (QED) is 0.0679. The molecule has 0 aliphatic carbocycles. The molecule has 3 aromatic rings. The fraction of sp³-hybridized carbons (Fsp3) is 0.292. The average Bonchev–Trinajstić information content (AvgIpc) is 3.35. The summed E-state index contributed by atoms with van der Waals surface area (Å²) in [5.74, 6) is -2.48. The highest BCUT2D eigenvalue weighted by Gasteiger charge is 2.24. The molecule has 0 atom stereocenters. The van der Waals surface area contributed by atoms with Crippen LogP contribution in [-0.2, 0) is 20.0 Å². The van der Waals surface area contributed by atoms with Crippen LogP contribution < -0.4 is 30.7 Å². The topological polar surface area (TPSA) is 312 Å². The molecule has 10 N–H and O–H groups in total. The summed E-state index contributed by atoms with van der Waals surface area (Å²) in [6.07, 6.45) is -1.69. The Morgan fingerprint density at radius 2 is 1.20 bits per heavy atom. The van der Waals surface area contributed by atoms with Gasteiger partial charge < -0.3 is 50.8 Å². The van der Waals surface area contributed by atoms with E-state index < -0.39 is 40.3 Å². The highest BCUT2D eigenvalue weighted by Crippen LogP contribution is 2.44. The molecule has 1 heterocycles. The molecule has 1 aromatic heterocycles. The molecular formula is C24H30N4O15S. The zero-order valence-electron chi connectivity index (χ0n) is 22.9. The first kappa shape index (κ1) is 37.2. The number of carbonyl (C=O) groups is 5. The normalized spacial score (nSPS) is 10.6. The second-order valence-electron chi connectivity index (χ2n) is 8.33. The minimum Gasteiger partial charge on any atom is -0.480 e. The highest BCUT2D eigenvalue weighted by atomic mass is 32.3. The molecule has 20 heteroatoms. The number of fused-ring (bicyclic) bond motifs is 2. The number of carboxylic acid groups (broad SMARTS) is 2. The number of aliphatic carboxylic acids is 2. The van der Waals surface area contributed by atoms with Gasteiger partial charge in [0.05, 0.1) is 18.5 Å². The summed E-state index contributed by atoms with van der Waals surface area (Å²) in [5, 5.41) is 28.5. The molecule has 0 aliphatic rings. The van der Waals surface area contributed by atoms with E-state index in [1.807, 2.05) is 0 Å². The lowest BCUT2D eigenvalue weighted by atomic mass is 10.1. The maximum absolute atomic E-state index is 12.5. The van der Waals surface area contributed by atoms with E-state index >= 15 is 0 Å². The van der Waals surface area contributed by atoms with Gasteiger partial charge >= 0.3 is 34.5 Å². The number of rotatable bonds is 13. The number of hydrogen-bond donors (Lipinski definition) is 8. The van der Waals surface area contributed by atoms with Crippen LogP contribution in [0.1, 0.15) is 17.5 Å². The number of amides is 2. The van der Waals surface area contributed by atoms with E-state index in [0.717, 1.165) is 0 Å². The molecule has 0 spiro atoms. The molecule has 19 nitrogen and oxygen atoms in total. The third kappa shape index (κ3) is 12.6. The summed E-state index contributed by atoms with van der Waals surface area (Å²) in [6.45, 7) is 1.28. The van der Waals surface area contributed by atoms with Crippen molar-refractivity contribution in [2.24, 2.45) is 0 Å². The minimum atomic E-state index is -4.67. The van der Waals surface area contributed by atoms with Crippen LogP contribution in [0.25, 0.3) is 21.7 Å². The van der Waals surface area contributed by atoms with Gasteiger partial charge in [-0.25, -0.2) is 9.59 Å². The second-order valence-corrected chi connectivity index (χ2v) is 9.23. The summed E-state index contributed by atoms with van der Waals surface area (Å²) in [5.41, 5.74) is -0.000947. The van der Waals surface area contributed by atoms with Gasteiger partial charge in [-0.15, -0.1) is 0 Å². The van der Waals surface area contributed by atoms with Crippen LogP contribution in [0.15, 0.2) is 34.7 Å². The average molecular weight is 647 g/mol. The molecule has 2 aromatic carbocycles.